The van der Waals surface area contributed by atoms with Crippen molar-refractivity contribution in [3.63, 3.8) is 0 Å². The number of anilines is 1. The van der Waals surface area contributed by atoms with E-state index in [0.29, 0.717) is 11.9 Å². The molecule has 0 unspecified atom stereocenters. The molecule has 0 bridgehead atoms. The summed E-state index contributed by atoms with van der Waals surface area (Å²) in [5.74, 6) is 0.889. The highest BCUT2D eigenvalue weighted by atomic mass is 16.3. The van der Waals surface area contributed by atoms with Crippen LogP contribution in [0.4, 0.5) is 5.95 Å². The van der Waals surface area contributed by atoms with Crippen molar-refractivity contribution in [3.05, 3.63) is 29.9 Å². The normalized spacial score (nSPS) is 17.4. The number of rotatable bonds is 6. The van der Waals surface area contributed by atoms with E-state index in [1.54, 1.807) is 12.5 Å². The number of aryl methyl sites for hydroxylation is 1. The summed E-state index contributed by atoms with van der Waals surface area (Å²) in [5, 5.41) is 3.05. The Morgan fingerprint density at radius 3 is 2.96 bits per heavy atom. The average Bonchev–Trinajstić information content (AvgIpc) is 3.23. The number of aromatic nitrogens is 2. The quantitative estimate of drug-likeness (QED) is 0.475. The van der Waals surface area contributed by atoms with E-state index in [2.05, 4.69) is 25.2 Å². The molecule has 3 heterocycles. The van der Waals surface area contributed by atoms with Gasteiger partial charge in [-0.15, -0.1) is 0 Å². The number of nitrogens with two attached hydrogens (primary N) is 1. The largest absolute Gasteiger partial charge is 0.472 e. The molecule has 2 aliphatic rings. The van der Waals surface area contributed by atoms with Gasteiger partial charge >= 0.3 is 0 Å². The highest BCUT2D eigenvalue weighted by Crippen LogP contribution is 2.31. The Labute approximate surface area is 147 Å². The SMILES string of the molecule is NC(=NCCCN1CCC1)Nc1nc2c(c(-c3ccoc3)n1)CCC2. The molecule has 7 heteroatoms. The molecular formula is C18H24N6O. The van der Waals surface area contributed by atoms with Crippen LogP contribution in [-0.4, -0.2) is 47.0 Å². The van der Waals surface area contributed by atoms with Gasteiger partial charge in [0.1, 0.15) is 0 Å². The molecule has 1 aliphatic heterocycles. The highest BCUT2D eigenvalue weighted by Gasteiger charge is 2.21. The molecule has 3 N–H and O–H groups in total. The van der Waals surface area contributed by atoms with E-state index < -0.39 is 0 Å². The molecule has 1 aliphatic carbocycles. The van der Waals surface area contributed by atoms with E-state index >= 15 is 0 Å². The van der Waals surface area contributed by atoms with Crippen LogP contribution in [0.1, 0.15) is 30.5 Å². The summed E-state index contributed by atoms with van der Waals surface area (Å²) in [6, 6.07) is 1.93. The third-order valence-corrected chi connectivity index (χ3v) is 4.83. The lowest BCUT2D eigenvalue weighted by molar-refractivity contribution is 0.181. The van der Waals surface area contributed by atoms with Crippen molar-refractivity contribution in [3.8, 4) is 11.3 Å². The predicted molar refractivity (Wildman–Crippen MR) is 97.5 cm³/mol. The van der Waals surface area contributed by atoms with E-state index in [0.717, 1.165) is 55.7 Å². The lowest BCUT2D eigenvalue weighted by atomic mass is 10.1. The second-order valence-corrected chi connectivity index (χ2v) is 6.63. The molecule has 4 rings (SSSR count). The van der Waals surface area contributed by atoms with Crippen LogP contribution in [0.25, 0.3) is 11.3 Å². The maximum absolute atomic E-state index is 6.01. The van der Waals surface area contributed by atoms with Gasteiger partial charge in [0.05, 0.1) is 18.2 Å². The minimum atomic E-state index is 0.375. The van der Waals surface area contributed by atoms with Gasteiger partial charge in [0, 0.05) is 23.4 Å². The second kappa shape index (κ2) is 7.23. The number of hydrogen-bond acceptors (Lipinski definition) is 5. The van der Waals surface area contributed by atoms with Gasteiger partial charge in [-0.25, -0.2) is 9.97 Å². The molecule has 25 heavy (non-hydrogen) atoms. The van der Waals surface area contributed by atoms with Crippen molar-refractivity contribution < 1.29 is 4.42 Å². The van der Waals surface area contributed by atoms with Gasteiger partial charge in [0.2, 0.25) is 5.95 Å². The summed E-state index contributed by atoms with van der Waals surface area (Å²) in [4.78, 5) is 16.1. The lowest BCUT2D eigenvalue weighted by Gasteiger charge is -2.30. The van der Waals surface area contributed by atoms with Crippen molar-refractivity contribution in [1.29, 1.82) is 0 Å². The summed E-state index contributed by atoms with van der Waals surface area (Å²) < 4.78 is 5.22. The Morgan fingerprint density at radius 1 is 1.28 bits per heavy atom. The number of nitrogens with one attached hydrogen (secondary N) is 1. The molecule has 7 nitrogen and oxygen atoms in total. The Morgan fingerprint density at radius 2 is 2.20 bits per heavy atom. The van der Waals surface area contributed by atoms with Crippen LogP contribution in [0.15, 0.2) is 28.0 Å². The smallest absolute Gasteiger partial charge is 0.230 e. The van der Waals surface area contributed by atoms with Crippen molar-refractivity contribution in [2.45, 2.75) is 32.1 Å². The van der Waals surface area contributed by atoms with Crippen LogP contribution >= 0.6 is 0 Å². The number of furan rings is 1. The van der Waals surface area contributed by atoms with E-state index in [-0.39, 0.29) is 0 Å². The molecule has 0 spiro atoms. The van der Waals surface area contributed by atoms with Crippen LogP contribution in [0.3, 0.4) is 0 Å². The summed E-state index contributed by atoms with van der Waals surface area (Å²) in [7, 11) is 0. The Balaban J connectivity index is 1.44. The Hall–Kier alpha value is -2.41. The van der Waals surface area contributed by atoms with E-state index in [1.165, 1.54) is 25.1 Å². The number of likely N-dealkylation sites (tertiary alicyclic amines) is 1. The fourth-order valence-electron chi connectivity index (χ4n) is 3.38. The first-order valence-corrected chi connectivity index (χ1v) is 9.01. The molecule has 1 fully saturated rings. The fraction of sp³-hybridized carbons (Fsp3) is 0.500. The van der Waals surface area contributed by atoms with E-state index in [4.69, 9.17) is 10.2 Å². The zero-order chi connectivity index (χ0) is 17.1. The van der Waals surface area contributed by atoms with Crippen molar-refractivity contribution >= 4 is 11.9 Å². The molecule has 0 saturated carbocycles. The van der Waals surface area contributed by atoms with E-state index in [1.807, 2.05) is 6.07 Å². The van der Waals surface area contributed by atoms with Crippen molar-refractivity contribution in [2.75, 3.05) is 31.5 Å². The molecule has 0 atom stereocenters. The monoisotopic (exact) mass is 340 g/mol. The first kappa shape index (κ1) is 16.1. The molecule has 1 saturated heterocycles. The van der Waals surface area contributed by atoms with Gasteiger partial charge in [0.25, 0.3) is 0 Å². The van der Waals surface area contributed by atoms with E-state index in [9.17, 15) is 0 Å². The zero-order valence-corrected chi connectivity index (χ0v) is 14.4. The van der Waals surface area contributed by atoms with Gasteiger partial charge in [0.15, 0.2) is 5.96 Å². The summed E-state index contributed by atoms with van der Waals surface area (Å²) >= 11 is 0. The van der Waals surface area contributed by atoms with Gasteiger partial charge in [-0.1, -0.05) is 0 Å². The fourth-order valence-corrected chi connectivity index (χ4v) is 3.38. The lowest BCUT2D eigenvalue weighted by Crippen LogP contribution is -2.38. The number of fused-ring (bicyclic) bond motifs is 1. The standard InChI is InChI=1S/C18H24N6O/c19-17(20-7-2-8-24-9-3-10-24)23-18-21-15-5-1-4-14(15)16(22-18)13-6-11-25-12-13/h6,11-12H,1-5,7-10H2,(H3,19,20,21,22,23). The third kappa shape index (κ3) is 3.66. The van der Waals surface area contributed by atoms with Crippen LogP contribution in [0.2, 0.25) is 0 Å². The molecule has 2 aromatic rings. The second-order valence-electron chi connectivity index (χ2n) is 6.63. The third-order valence-electron chi connectivity index (χ3n) is 4.83. The maximum atomic E-state index is 6.01. The highest BCUT2D eigenvalue weighted by molar-refractivity contribution is 5.90. The molecular weight excluding hydrogens is 316 g/mol. The van der Waals surface area contributed by atoms with Crippen LogP contribution < -0.4 is 11.1 Å². The Kier molecular flexibility index (Phi) is 4.65. The number of hydrogen-bond donors (Lipinski definition) is 2. The van der Waals surface area contributed by atoms with Crippen LogP contribution in [-0.2, 0) is 12.8 Å². The van der Waals surface area contributed by atoms with Crippen LogP contribution in [0, 0.1) is 0 Å². The maximum Gasteiger partial charge on any atom is 0.230 e. The van der Waals surface area contributed by atoms with Gasteiger partial charge in [-0.3, -0.25) is 10.3 Å². The van der Waals surface area contributed by atoms with Gasteiger partial charge in [-0.2, -0.15) is 0 Å². The van der Waals surface area contributed by atoms with Gasteiger partial charge in [-0.05, 0) is 57.8 Å². The van der Waals surface area contributed by atoms with Gasteiger partial charge < -0.3 is 15.1 Å². The summed E-state index contributed by atoms with van der Waals surface area (Å²) in [6.45, 7) is 4.25. The minimum Gasteiger partial charge on any atom is -0.472 e. The average molecular weight is 340 g/mol. The zero-order valence-electron chi connectivity index (χ0n) is 14.4. The Bertz CT molecular complexity index is 751. The summed E-state index contributed by atoms with van der Waals surface area (Å²) in [6.07, 6.45) is 8.83. The minimum absolute atomic E-state index is 0.375. The number of aliphatic imine (C=N–C) groups is 1. The molecule has 2 aromatic heterocycles. The van der Waals surface area contributed by atoms with Crippen molar-refractivity contribution in [1.82, 2.24) is 14.9 Å². The topological polar surface area (TPSA) is 92.6 Å². The molecule has 0 amide bonds. The number of nitrogens with zero attached hydrogens (tertiary/aromatic N) is 4. The van der Waals surface area contributed by atoms with Crippen molar-refractivity contribution in [2.24, 2.45) is 10.7 Å². The first-order chi connectivity index (χ1) is 12.3. The first-order valence-electron chi connectivity index (χ1n) is 9.01. The molecule has 0 aromatic carbocycles. The number of guanidine groups is 1. The molecule has 132 valence electrons. The molecule has 0 radical (unpaired) electrons. The van der Waals surface area contributed by atoms with Crippen LogP contribution in [0.5, 0.6) is 0 Å². The summed E-state index contributed by atoms with van der Waals surface area (Å²) in [5.41, 5.74) is 10.2. The predicted octanol–water partition coefficient (Wildman–Crippen LogP) is 2.05.